The molecule has 0 saturated carbocycles. The highest BCUT2D eigenvalue weighted by Crippen LogP contribution is 2.35. The molecule has 5 nitrogen and oxygen atoms in total. The summed E-state index contributed by atoms with van der Waals surface area (Å²) in [6, 6.07) is 11.8. The van der Waals surface area contributed by atoms with E-state index in [0.717, 1.165) is 17.0 Å². The third kappa shape index (κ3) is 3.87. The predicted octanol–water partition coefficient (Wildman–Crippen LogP) is 4.69. The third-order valence-corrected chi connectivity index (χ3v) is 5.73. The van der Waals surface area contributed by atoms with Crippen LogP contribution in [0.25, 0.3) is 10.6 Å². The largest absolute Gasteiger partial charge is 0.378 e. The van der Waals surface area contributed by atoms with Crippen molar-refractivity contribution in [2.45, 2.75) is 0 Å². The number of para-hydroxylation sites is 1. The maximum atomic E-state index is 14.0. The normalized spacial score (nSPS) is 14.1. The van der Waals surface area contributed by atoms with Gasteiger partial charge in [-0.1, -0.05) is 29.8 Å². The number of rotatable bonds is 4. The van der Waals surface area contributed by atoms with Gasteiger partial charge in [0, 0.05) is 18.7 Å². The Morgan fingerprint density at radius 2 is 1.96 bits per heavy atom. The molecule has 0 aliphatic carbocycles. The fraction of sp³-hybridized carbons (Fsp3) is 0.200. The van der Waals surface area contributed by atoms with Crippen molar-refractivity contribution in [3.8, 4) is 10.6 Å². The van der Waals surface area contributed by atoms with Crippen LogP contribution >= 0.6 is 22.9 Å². The average Bonchev–Trinajstić information content (AvgIpc) is 3.19. The molecule has 2 heterocycles. The van der Waals surface area contributed by atoms with Crippen molar-refractivity contribution < 1.29 is 13.9 Å². The van der Waals surface area contributed by atoms with E-state index in [4.69, 9.17) is 16.3 Å². The minimum absolute atomic E-state index is 0.308. The van der Waals surface area contributed by atoms with Gasteiger partial charge < -0.3 is 15.0 Å². The molecular weight excluding hydrogens is 401 g/mol. The molecule has 8 heteroatoms. The highest BCUT2D eigenvalue weighted by Gasteiger charge is 2.20. The smallest absolute Gasteiger partial charge is 0.267 e. The van der Waals surface area contributed by atoms with E-state index in [1.807, 2.05) is 6.07 Å². The summed E-state index contributed by atoms with van der Waals surface area (Å²) in [6.07, 6.45) is 1.46. The zero-order valence-corrected chi connectivity index (χ0v) is 16.4. The first-order valence-corrected chi connectivity index (χ1v) is 9.96. The number of morpholine rings is 1. The molecular formula is C20H17ClFN3O2S. The topological polar surface area (TPSA) is 54.5 Å². The van der Waals surface area contributed by atoms with Crippen molar-refractivity contribution in [2.75, 3.05) is 36.5 Å². The Hall–Kier alpha value is -2.48. The van der Waals surface area contributed by atoms with Crippen LogP contribution in [0, 0.1) is 5.82 Å². The van der Waals surface area contributed by atoms with E-state index in [9.17, 15) is 9.18 Å². The highest BCUT2D eigenvalue weighted by molar-refractivity contribution is 7.17. The van der Waals surface area contributed by atoms with Gasteiger partial charge in [-0.15, -0.1) is 11.3 Å². The summed E-state index contributed by atoms with van der Waals surface area (Å²) in [6.45, 7) is 2.62. The number of anilines is 2. The lowest BCUT2D eigenvalue weighted by Crippen LogP contribution is -2.37. The second kappa shape index (κ2) is 8.26. The first-order chi connectivity index (χ1) is 13.6. The fourth-order valence-corrected chi connectivity index (χ4v) is 4.18. The van der Waals surface area contributed by atoms with Gasteiger partial charge in [-0.05, 0) is 24.3 Å². The van der Waals surface area contributed by atoms with Crippen LogP contribution in [0.15, 0.2) is 48.7 Å². The molecule has 1 aliphatic heterocycles. The molecule has 1 aromatic heterocycles. The number of carbonyl (C=O) groups excluding carboxylic acids is 1. The van der Waals surface area contributed by atoms with Crippen molar-refractivity contribution >= 4 is 40.2 Å². The van der Waals surface area contributed by atoms with Crippen molar-refractivity contribution in [3.05, 3.63) is 64.4 Å². The first-order valence-electron chi connectivity index (χ1n) is 8.77. The van der Waals surface area contributed by atoms with Crippen molar-refractivity contribution in [1.29, 1.82) is 0 Å². The monoisotopic (exact) mass is 417 g/mol. The zero-order valence-electron chi connectivity index (χ0n) is 14.8. The molecule has 0 radical (unpaired) electrons. The lowest BCUT2D eigenvalue weighted by molar-refractivity contribution is 0.103. The second-order valence-electron chi connectivity index (χ2n) is 6.20. The first kappa shape index (κ1) is 18.9. The van der Waals surface area contributed by atoms with Crippen molar-refractivity contribution in [1.82, 2.24) is 4.98 Å². The molecule has 144 valence electrons. The number of hydrogen-bond donors (Lipinski definition) is 1. The van der Waals surface area contributed by atoms with Crippen LogP contribution in [-0.4, -0.2) is 37.2 Å². The highest BCUT2D eigenvalue weighted by atomic mass is 35.5. The van der Waals surface area contributed by atoms with Crippen LogP contribution in [0.3, 0.4) is 0 Å². The van der Waals surface area contributed by atoms with Gasteiger partial charge in [0.15, 0.2) is 0 Å². The maximum absolute atomic E-state index is 14.0. The van der Waals surface area contributed by atoms with Crippen LogP contribution < -0.4 is 10.2 Å². The Morgan fingerprint density at radius 3 is 2.75 bits per heavy atom. The van der Waals surface area contributed by atoms with E-state index in [1.165, 1.54) is 12.3 Å². The minimum Gasteiger partial charge on any atom is -0.378 e. The van der Waals surface area contributed by atoms with Crippen LogP contribution in [0.2, 0.25) is 5.02 Å². The van der Waals surface area contributed by atoms with Gasteiger partial charge >= 0.3 is 0 Å². The van der Waals surface area contributed by atoms with E-state index in [-0.39, 0.29) is 11.7 Å². The Morgan fingerprint density at radius 1 is 1.18 bits per heavy atom. The number of benzene rings is 2. The summed E-state index contributed by atoms with van der Waals surface area (Å²) in [5, 5.41) is 3.94. The van der Waals surface area contributed by atoms with E-state index >= 15 is 0 Å². The van der Waals surface area contributed by atoms with Gasteiger partial charge in [0.05, 0.1) is 35.8 Å². The lowest BCUT2D eigenvalue weighted by atomic mass is 10.2. The van der Waals surface area contributed by atoms with Crippen LogP contribution in [0.1, 0.15) is 9.67 Å². The second-order valence-corrected chi connectivity index (χ2v) is 7.64. The summed E-state index contributed by atoms with van der Waals surface area (Å²) < 4.78 is 19.4. The van der Waals surface area contributed by atoms with Gasteiger partial charge in [-0.2, -0.15) is 0 Å². The lowest BCUT2D eigenvalue weighted by Gasteiger charge is -2.31. The standard InChI is InChI=1S/C20H17ClFN3O2S/c21-14-5-3-7-16(18(14)25-8-10-27-11-9-25)24-19(26)17-12-23-20(28-17)13-4-1-2-6-15(13)22/h1-7,12H,8-11H2,(H,24,26). The van der Waals surface area contributed by atoms with Gasteiger partial charge in [0.2, 0.25) is 0 Å². The molecule has 2 aromatic carbocycles. The molecule has 28 heavy (non-hydrogen) atoms. The van der Waals surface area contributed by atoms with Gasteiger partial charge in [0.25, 0.3) is 5.91 Å². The van der Waals surface area contributed by atoms with Crippen LogP contribution in [0.4, 0.5) is 15.8 Å². The minimum atomic E-state index is -0.367. The van der Waals surface area contributed by atoms with Gasteiger partial charge in [-0.25, -0.2) is 9.37 Å². The molecule has 0 unspecified atom stereocenters. The Kier molecular flexibility index (Phi) is 5.57. The SMILES string of the molecule is O=C(Nc1cccc(Cl)c1N1CCOCC1)c1cnc(-c2ccccc2F)s1. The summed E-state index contributed by atoms with van der Waals surface area (Å²) in [5.41, 5.74) is 1.78. The average molecular weight is 418 g/mol. The predicted molar refractivity (Wildman–Crippen MR) is 110 cm³/mol. The van der Waals surface area contributed by atoms with Crippen molar-refractivity contribution in [3.63, 3.8) is 0 Å². The number of carbonyl (C=O) groups is 1. The number of ether oxygens (including phenoxy) is 1. The number of nitrogens with one attached hydrogen (secondary N) is 1. The van der Waals surface area contributed by atoms with E-state index in [1.54, 1.807) is 30.3 Å². The molecule has 1 fully saturated rings. The maximum Gasteiger partial charge on any atom is 0.267 e. The number of aromatic nitrogens is 1. The summed E-state index contributed by atoms with van der Waals surface area (Å²) in [5.74, 6) is -0.676. The number of hydrogen-bond acceptors (Lipinski definition) is 5. The van der Waals surface area contributed by atoms with Gasteiger partial charge in [0.1, 0.15) is 15.7 Å². The number of amides is 1. The molecule has 1 N–H and O–H groups in total. The molecule has 0 atom stereocenters. The fourth-order valence-electron chi connectivity index (χ4n) is 3.05. The molecule has 0 spiro atoms. The molecule has 1 aliphatic rings. The van der Waals surface area contributed by atoms with E-state index < -0.39 is 0 Å². The Bertz CT molecular complexity index is 1000. The van der Waals surface area contributed by atoms with Crippen molar-refractivity contribution in [2.24, 2.45) is 0 Å². The van der Waals surface area contributed by atoms with E-state index in [2.05, 4.69) is 15.2 Å². The number of thiazole rings is 1. The van der Waals surface area contributed by atoms with Gasteiger partial charge in [-0.3, -0.25) is 4.79 Å². The quantitative estimate of drug-likeness (QED) is 0.669. The van der Waals surface area contributed by atoms with Crippen LogP contribution in [-0.2, 0) is 4.74 Å². The Balaban J connectivity index is 1.58. The molecule has 1 saturated heterocycles. The molecule has 4 rings (SSSR count). The summed E-state index contributed by atoms with van der Waals surface area (Å²) in [4.78, 5) is 19.5. The summed E-state index contributed by atoms with van der Waals surface area (Å²) >= 11 is 7.55. The molecule has 3 aromatic rings. The number of nitrogens with zero attached hydrogens (tertiary/aromatic N) is 2. The van der Waals surface area contributed by atoms with Crippen LogP contribution in [0.5, 0.6) is 0 Å². The molecule has 0 bridgehead atoms. The van der Waals surface area contributed by atoms with E-state index in [0.29, 0.717) is 52.5 Å². The zero-order chi connectivity index (χ0) is 19.5. The molecule has 1 amide bonds. The third-order valence-electron chi connectivity index (χ3n) is 4.40. The summed E-state index contributed by atoms with van der Waals surface area (Å²) in [7, 11) is 0. The Labute approximate surface area is 170 Å². The number of halogens is 2.